The Kier molecular flexibility index (Phi) is 5.26. The standard InChI is InChI=1S/C22H21FN2O5/c1-29-13-12-24-20(27)17-4-2-3-5-18(17)25-19(26)10-11-22(24,25)21(28)30-14-15-6-8-16(23)9-7-15/h2-9H,10-14H2,1H3/t22-/m0/s1. The van der Waals surface area contributed by atoms with Crippen LogP contribution in [-0.2, 0) is 25.7 Å². The highest BCUT2D eigenvalue weighted by atomic mass is 19.1. The lowest BCUT2D eigenvalue weighted by Crippen LogP contribution is -2.68. The molecule has 0 spiro atoms. The number of methoxy groups -OCH3 is 1. The minimum Gasteiger partial charge on any atom is -0.458 e. The highest BCUT2D eigenvalue weighted by molar-refractivity contribution is 6.15. The Balaban J connectivity index is 1.72. The molecule has 2 aromatic carbocycles. The maximum atomic E-state index is 13.4. The maximum Gasteiger partial charge on any atom is 0.354 e. The summed E-state index contributed by atoms with van der Waals surface area (Å²) in [7, 11) is 1.50. The van der Waals surface area contributed by atoms with Crippen molar-refractivity contribution in [3.63, 3.8) is 0 Å². The zero-order valence-corrected chi connectivity index (χ0v) is 16.5. The van der Waals surface area contributed by atoms with Gasteiger partial charge in [-0.25, -0.2) is 9.18 Å². The topological polar surface area (TPSA) is 76.2 Å². The van der Waals surface area contributed by atoms with Gasteiger partial charge in [-0.1, -0.05) is 24.3 Å². The predicted molar refractivity (Wildman–Crippen MR) is 105 cm³/mol. The minimum absolute atomic E-state index is 0.100. The highest BCUT2D eigenvalue weighted by Gasteiger charge is 2.61. The van der Waals surface area contributed by atoms with Gasteiger partial charge in [0.2, 0.25) is 11.6 Å². The van der Waals surface area contributed by atoms with Gasteiger partial charge in [0.05, 0.1) is 17.9 Å². The van der Waals surface area contributed by atoms with Gasteiger partial charge >= 0.3 is 5.97 Å². The Hall–Kier alpha value is -3.26. The van der Waals surface area contributed by atoms with Crippen LogP contribution in [0.4, 0.5) is 10.1 Å². The van der Waals surface area contributed by atoms with E-state index in [1.165, 1.54) is 41.2 Å². The number of para-hydroxylation sites is 1. The molecule has 2 aliphatic rings. The molecule has 30 heavy (non-hydrogen) atoms. The van der Waals surface area contributed by atoms with E-state index in [4.69, 9.17) is 9.47 Å². The molecule has 4 rings (SSSR count). The van der Waals surface area contributed by atoms with Crippen molar-refractivity contribution in [2.45, 2.75) is 25.1 Å². The Morgan fingerprint density at radius 2 is 1.87 bits per heavy atom. The number of anilines is 1. The lowest BCUT2D eigenvalue weighted by Gasteiger charge is -2.48. The molecule has 0 aliphatic carbocycles. The molecule has 156 valence electrons. The first kappa shape index (κ1) is 20.0. The molecule has 2 heterocycles. The van der Waals surface area contributed by atoms with Gasteiger partial charge in [0.1, 0.15) is 12.4 Å². The van der Waals surface area contributed by atoms with Gasteiger partial charge in [0.25, 0.3) is 5.91 Å². The van der Waals surface area contributed by atoms with E-state index in [-0.39, 0.29) is 44.4 Å². The van der Waals surface area contributed by atoms with Crippen molar-refractivity contribution in [2.75, 3.05) is 25.2 Å². The minimum atomic E-state index is -1.57. The monoisotopic (exact) mass is 412 g/mol. The second-order valence-electron chi connectivity index (χ2n) is 7.22. The summed E-state index contributed by atoms with van der Waals surface area (Å²) in [5.74, 6) is -1.70. The summed E-state index contributed by atoms with van der Waals surface area (Å²) in [6.45, 7) is 0.221. The summed E-state index contributed by atoms with van der Waals surface area (Å²) in [4.78, 5) is 42.2. The van der Waals surface area contributed by atoms with Crippen LogP contribution in [0.3, 0.4) is 0 Å². The molecule has 1 fully saturated rings. The number of nitrogens with zero attached hydrogens (tertiary/aromatic N) is 2. The second-order valence-corrected chi connectivity index (χ2v) is 7.22. The van der Waals surface area contributed by atoms with Gasteiger partial charge in [-0.05, 0) is 29.8 Å². The molecule has 0 radical (unpaired) electrons. The summed E-state index contributed by atoms with van der Waals surface area (Å²) < 4.78 is 23.8. The average molecular weight is 412 g/mol. The Bertz CT molecular complexity index is 993. The maximum absolute atomic E-state index is 13.4. The lowest BCUT2D eigenvalue weighted by atomic mass is 9.96. The van der Waals surface area contributed by atoms with Gasteiger partial charge in [-0.15, -0.1) is 0 Å². The first-order chi connectivity index (χ1) is 14.5. The number of hydrogen-bond donors (Lipinski definition) is 0. The molecule has 2 aromatic rings. The van der Waals surface area contributed by atoms with Gasteiger partial charge in [-0.3, -0.25) is 14.5 Å². The fraction of sp³-hybridized carbons (Fsp3) is 0.318. The molecule has 8 heteroatoms. The fourth-order valence-corrected chi connectivity index (χ4v) is 4.08. The van der Waals surface area contributed by atoms with Crippen LogP contribution in [0, 0.1) is 5.82 Å². The summed E-state index contributed by atoms with van der Waals surface area (Å²) in [5, 5.41) is 0. The zero-order valence-electron chi connectivity index (χ0n) is 16.5. The first-order valence-corrected chi connectivity index (χ1v) is 9.63. The number of rotatable bonds is 6. The van der Waals surface area contributed by atoms with E-state index in [0.717, 1.165) is 0 Å². The predicted octanol–water partition coefficient (Wildman–Crippen LogP) is 2.49. The van der Waals surface area contributed by atoms with Crippen molar-refractivity contribution in [2.24, 2.45) is 0 Å². The van der Waals surface area contributed by atoms with Crippen molar-refractivity contribution in [1.82, 2.24) is 4.90 Å². The van der Waals surface area contributed by atoms with Crippen LogP contribution in [0.1, 0.15) is 28.8 Å². The molecule has 1 saturated heterocycles. The normalized spacial score (nSPS) is 20.2. The third-order valence-electron chi connectivity index (χ3n) is 5.50. The van der Waals surface area contributed by atoms with E-state index in [0.29, 0.717) is 16.8 Å². The fourth-order valence-electron chi connectivity index (χ4n) is 4.08. The number of hydrogen-bond acceptors (Lipinski definition) is 5. The van der Waals surface area contributed by atoms with Crippen LogP contribution in [0.15, 0.2) is 48.5 Å². The summed E-state index contributed by atoms with van der Waals surface area (Å²) >= 11 is 0. The third kappa shape index (κ3) is 3.13. The highest BCUT2D eigenvalue weighted by Crippen LogP contribution is 2.45. The van der Waals surface area contributed by atoms with Crippen molar-refractivity contribution >= 4 is 23.5 Å². The van der Waals surface area contributed by atoms with Crippen LogP contribution >= 0.6 is 0 Å². The molecule has 0 bridgehead atoms. The molecule has 7 nitrogen and oxygen atoms in total. The molecule has 0 unspecified atom stereocenters. The smallest absolute Gasteiger partial charge is 0.354 e. The average Bonchev–Trinajstić information content (AvgIpc) is 3.11. The van der Waals surface area contributed by atoms with E-state index in [9.17, 15) is 18.8 Å². The van der Waals surface area contributed by atoms with Gasteiger partial charge < -0.3 is 14.4 Å². The second kappa shape index (κ2) is 7.87. The molecule has 0 aromatic heterocycles. The van der Waals surface area contributed by atoms with E-state index >= 15 is 0 Å². The summed E-state index contributed by atoms with van der Waals surface area (Å²) in [5.41, 5.74) is -0.215. The van der Waals surface area contributed by atoms with Gasteiger partial charge in [0, 0.05) is 26.5 Å². The number of esters is 1. The van der Waals surface area contributed by atoms with Gasteiger partial charge in [-0.2, -0.15) is 0 Å². The number of fused-ring (bicyclic) bond motifs is 3. The molecular weight excluding hydrogens is 391 g/mol. The Labute approximate surface area is 173 Å². The van der Waals surface area contributed by atoms with Crippen molar-refractivity contribution in [3.05, 3.63) is 65.5 Å². The quantitative estimate of drug-likeness (QED) is 0.682. The summed E-state index contributed by atoms with van der Waals surface area (Å²) in [6, 6.07) is 12.3. The van der Waals surface area contributed by atoms with Crippen LogP contribution < -0.4 is 4.90 Å². The van der Waals surface area contributed by atoms with Crippen molar-refractivity contribution < 1.29 is 28.2 Å². The molecular formula is C22H21FN2O5. The molecule has 1 atom stereocenters. The number of carbonyl (C=O) groups is 3. The van der Waals surface area contributed by atoms with Gasteiger partial charge in [0.15, 0.2) is 0 Å². The Morgan fingerprint density at radius 1 is 1.13 bits per heavy atom. The van der Waals surface area contributed by atoms with Crippen molar-refractivity contribution in [1.29, 1.82) is 0 Å². The van der Waals surface area contributed by atoms with Crippen LogP contribution in [0.25, 0.3) is 0 Å². The largest absolute Gasteiger partial charge is 0.458 e. The van der Waals surface area contributed by atoms with E-state index in [2.05, 4.69) is 0 Å². The Morgan fingerprint density at radius 3 is 2.60 bits per heavy atom. The summed E-state index contributed by atoms with van der Waals surface area (Å²) in [6.07, 6.45) is 0.231. The van der Waals surface area contributed by atoms with E-state index < -0.39 is 17.4 Å². The zero-order chi connectivity index (χ0) is 21.3. The van der Waals surface area contributed by atoms with E-state index in [1.54, 1.807) is 24.3 Å². The van der Waals surface area contributed by atoms with Crippen LogP contribution in [-0.4, -0.2) is 48.6 Å². The molecule has 2 aliphatic heterocycles. The van der Waals surface area contributed by atoms with Crippen LogP contribution in [0.2, 0.25) is 0 Å². The third-order valence-corrected chi connectivity index (χ3v) is 5.50. The number of carbonyl (C=O) groups excluding carboxylic acids is 3. The molecule has 2 amide bonds. The van der Waals surface area contributed by atoms with Crippen molar-refractivity contribution in [3.8, 4) is 0 Å². The van der Waals surface area contributed by atoms with E-state index in [1.807, 2.05) is 0 Å². The van der Waals surface area contributed by atoms with Crippen LogP contribution in [0.5, 0.6) is 0 Å². The number of amides is 2. The number of halogens is 1. The number of benzene rings is 2. The SMILES string of the molecule is COCCN1C(=O)c2ccccc2N2C(=O)CC[C@]12C(=O)OCc1ccc(F)cc1. The molecule has 0 saturated carbocycles. The molecule has 0 N–H and O–H groups in total. The number of ether oxygens (including phenoxy) is 2. The first-order valence-electron chi connectivity index (χ1n) is 9.63. The lowest BCUT2D eigenvalue weighted by molar-refractivity contribution is -0.159.